The lowest BCUT2D eigenvalue weighted by Gasteiger charge is -2.20. The summed E-state index contributed by atoms with van der Waals surface area (Å²) in [6.07, 6.45) is 8.02. The van der Waals surface area contributed by atoms with Crippen molar-refractivity contribution in [1.29, 1.82) is 0 Å². The van der Waals surface area contributed by atoms with E-state index in [0.717, 1.165) is 22.0 Å². The quantitative estimate of drug-likeness (QED) is 0.559. The fraction of sp³-hybridized carbons (Fsp3) is 0.333. The van der Waals surface area contributed by atoms with Gasteiger partial charge < -0.3 is 0 Å². The van der Waals surface area contributed by atoms with Crippen LogP contribution in [0.4, 0.5) is 0 Å². The van der Waals surface area contributed by atoms with E-state index in [0.29, 0.717) is 18.0 Å². The largest absolute Gasteiger partial charge is 0.243 e. The number of rotatable bonds is 2. The highest BCUT2D eigenvalue weighted by Gasteiger charge is 2.24. The predicted molar refractivity (Wildman–Crippen MR) is 90.4 cm³/mol. The zero-order valence-corrected chi connectivity index (χ0v) is 14.4. The average molecular weight is 403 g/mol. The van der Waals surface area contributed by atoms with Gasteiger partial charge in [0.05, 0.1) is 4.90 Å². The van der Waals surface area contributed by atoms with Gasteiger partial charge in [0.2, 0.25) is 10.0 Å². The van der Waals surface area contributed by atoms with Crippen LogP contribution in [-0.4, -0.2) is 25.8 Å². The Morgan fingerprint density at radius 3 is 2.50 bits per heavy atom. The molecule has 1 aliphatic heterocycles. The van der Waals surface area contributed by atoms with Crippen molar-refractivity contribution in [3.63, 3.8) is 0 Å². The van der Waals surface area contributed by atoms with E-state index >= 15 is 0 Å². The first kappa shape index (κ1) is 15.7. The number of hydrogen-bond donors (Lipinski definition) is 0. The second-order valence-electron chi connectivity index (χ2n) is 4.81. The van der Waals surface area contributed by atoms with Crippen molar-refractivity contribution in [2.45, 2.75) is 24.7 Å². The average Bonchev–Trinajstić information content (AvgIpc) is 2.51. The lowest BCUT2D eigenvalue weighted by molar-refractivity contribution is 0.473. The van der Waals surface area contributed by atoms with Crippen LogP contribution >= 0.6 is 22.6 Å². The minimum atomic E-state index is -3.43. The van der Waals surface area contributed by atoms with Gasteiger partial charge in [-0.2, -0.15) is 4.31 Å². The van der Waals surface area contributed by atoms with Gasteiger partial charge in [0.1, 0.15) is 0 Å². The van der Waals surface area contributed by atoms with E-state index in [1.807, 2.05) is 31.2 Å². The van der Waals surface area contributed by atoms with Crippen LogP contribution in [0.3, 0.4) is 0 Å². The number of aryl methyl sites for hydroxylation is 1. The van der Waals surface area contributed by atoms with E-state index in [-0.39, 0.29) is 0 Å². The van der Waals surface area contributed by atoms with Gasteiger partial charge in [-0.15, -0.1) is 0 Å². The van der Waals surface area contributed by atoms with Crippen molar-refractivity contribution < 1.29 is 8.42 Å². The maximum absolute atomic E-state index is 12.7. The second kappa shape index (κ2) is 6.87. The molecule has 108 valence electrons. The van der Waals surface area contributed by atoms with Gasteiger partial charge in [-0.25, -0.2) is 8.42 Å². The molecule has 3 nitrogen and oxygen atoms in total. The predicted octanol–water partition coefficient (Wildman–Crippen LogP) is 3.65. The molecule has 20 heavy (non-hydrogen) atoms. The fourth-order valence-electron chi connectivity index (χ4n) is 1.99. The van der Waals surface area contributed by atoms with Crippen LogP contribution in [0.25, 0.3) is 0 Å². The first-order valence-electron chi connectivity index (χ1n) is 6.56. The molecule has 2 rings (SSSR count). The molecule has 5 heteroatoms. The van der Waals surface area contributed by atoms with Crippen LogP contribution in [-0.2, 0) is 10.0 Å². The molecule has 0 bridgehead atoms. The monoisotopic (exact) mass is 403 g/mol. The third-order valence-electron chi connectivity index (χ3n) is 3.16. The van der Waals surface area contributed by atoms with Crippen LogP contribution < -0.4 is 0 Å². The second-order valence-corrected chi connectivity index (χ2v) is 8.13. The third-order valence-corrected chi connectivity index (χ3v) is 5.77. The standard InChI is InChI=1S/C15H18INO2S/c1-13-7-9-15(10-8-13)20(18,19)17-11-5-3-2-4-6-14(16)12-17/h3,5-10H,2,4,11-12H2,1H3/b5-3-,14-6+. The molecule has 1 aromatic carbocycles. The molecule has 0 fully saturated rings. The van der Waals surface area contributed by atoms with Gasteiger partial charge >= 0.3 is 0 Å². The molecule has 0 radical (unpaired) electrons. The van der Waals surface area contributed by atoms with Crippen molar-refractivity contribution in [2.24, 2.45) is 0 Å². The Morgan fingerprint density at radius 1 is 1.10 bits per heavy atom. The Bertz CT molecular complexity index is 618. The summed E-state index contributed by atoms with van der Waals surface area (Å²) in [5.74, 6) is 0. The van der Waals surface area contributed by atoms with Crippen LogP contribution in [0.15, 0.2) is 51.0 Å². The van der Waals surface area contributed by atoms with E-state index < -0.39 is 10.0 Å². The summed E-state index contributed by atoms with van der Waals surface area (Å²) in [7, 11) is -3.43. The Hall–Kier alpha value is -0.660. The molecule has 0 saturated heterocycles. The van der Waals surface area contributed by atoms with Crippen molar-refractivity contribution in [1.82, 2.24) is 4.31 Å². The molecule has 0 atom stereocenters. The first-order chi connectivity index (χ1) is 9.50. The Morgan fingerprint density at radius 2 is 1.80 bits per heavy atom. The van der Waals surface area contributed by atoms with Crippen LogP contribution in [0.5, 0.6) is 0 Å². The molecule has 0 aliphatic carbocycles. The fourth-order valence-corrected chi connectivity index (χ4v) is 4.31. The Kier molecular flexibility index (Phi) is 5.40. The summed E-state index contributed by atoms with van der Waals surface area (Å²) in [6.45, 7) is 2.82. The minimum absolute atomic E-state index is 0.361. The molecular weight excluding hydrogens is 385 g/mol. The third kappa shape index (κ3) is 3.93. The number of sulfonamides is 1. The Balaban J connectivity index is 2.32. The SMILES string of the molecule is Cc1ccc(S(=O)(=O)N2C/C=C\CC/C=C(/I)C2)cc1. The zero-order chi connectivity index (χ0) is 14.6. The highest BCUT2D eigenvalue weighted by atomic mass is 127. The number of allylic oxidation sites excluding steroid dienone is 2. The van der Waals surface area contributed by atoms with E-state index in [2.05, 4.69) is 28.7 Å². The van der Waals surface area contributed by atoms with Gasteiger partial charge in [-0.3, -0.25) is 0 Å². The van der Waals surface area contributed by atoms with Crippen molar-refractivity contribution in [2.75, 3.05) is 13.1 Å². The number of benzene rings is 1. The maximum Gasteiger partial charge on any atom is 0.243 e. The van der Waals surface area contributed by atoms with Crippen LogP contribution in [0.2, 0.25) is 0 Å². The zero-order valence-electron chi connectivity index (χ0n) is 11.4. The highest BCUT2D eigenvalue weighted by molar-refractivity contribution is 14.1. The normalized spacial score (nSPS) is 22.2. The van der Waals surface area contributed by atoms with E-state index in [9.17, 15) is 8.42 Å². The van der Waals surface area contributed by atoms with E-state index in [1.54, 1.807) is 12.1 Å². The summed E-state index contributed by atoms with van der Waals surface area (Å²) >= 11 is 2.22. The molecular formula is C15H18INO2S. The van der Waals surface area contributed by atoms with Gasteiger partial charge in [-0.1, -0.05) is 35.9 Å². The highest BCUT2D eigenvalue weighted by Crippen LogP contribution is 2.21. The van der Waals surface area contributed by atoms with Crippen LogP contribution in [0, 0.1) is 6.92 Å². The maximum atomic E-state index is 12.7. The molecule has 0 unspecified atom stereocenters. The molecule has 0 N–H and O–H groups in total. The molecule has 1 aromatic rings. The molecule has 1 aliphatic rings. The molecule has 0 saturated carbocycles. The first-order valence-corrected chi connectivity index (χ1v) is 9.08. The van der Waals surface area contributed by atoms with Gasteiger partial charge in [0, 0.05) is 16.7 Å². The molecule has 1 heterocycles. The smallest absolute Gasteiger partial charge is 0.207 e. The number of nitrogens with zero attached hydrogens (tertiary/aromatic N) is 1. The Labute approximate surface area is 134 Å². The van der Waals surface area contributed by atoms with Crippen molar-refractivity contribution in [3.05, 3.63) is 51.6 Å². The van der Waals surface area contributed by atoms with Gasteiger partial charge in [0.15, 0.2) is 0 Å². The number of hydrogen-bond acceptors (Lipinski definition) is 2. The molecule has 0 spiro atoms. The minimum Gasteiger partial charge on any atom is -0.207 e. The van der Waals surface area contributed by atoms with E-state index in [4.69, 9.17) is 0 Å². The molecule has 0 amide bonds. The lowest BCUT2D eigenvalue weighted by Crippen LogP contribution is -2.32. The summed E-state index contributed by atoms with van der Waals surface area (Å²) in [6, 6.07) is 7.02. The lowest BCUT2D eigenvalue weighted by atomic mass is 10.2. The summed E-state index contributed by atoms with van der Waals surface area (Å²) in [4.78, 5) is 0.361. The summed E-state index contributed by atoms with van der Waals surface area (Å²) in [5.41, 5.74) is 1.06. The van der Waals surface area contributed by atoms with Crippen molar-refractivity contribution in [3.8, 4) is 0 Å². The molecule has 0 aromatic heterocycles. The topological polar surface area (TPSA) is 37.4 Å². The summed E-state index contributed by atoms with van der Waals surface area (Å²) in [5, 5.41) is 0. The summed E-state index contributed by atoms with van der Waals surface area (Å²) < 4.78 is 28.0. The number of halogens is 1. The van der Waals surface area contributed by atoms with Gasteiger partial charge in [-0.05, 0) is 54.5 Å². The van der Waals surface area contributed by atoms with Gasteiger partial charge in [0.25, 0.3) is 0 Å². The van der Waals surface area contributed by atoms with Crippen LogP contribution in [0.1, 0.15) is 18.4 Å². The van der Waals surface area contributed by atoms with E-state index in [1.165, 1.54) is 4.31 Å². The van der Waals surface area contributed by atoms with Crippen molar-refractivity contribution >= 4 is 32.6 Å².